The Morgan fingerprint density at radius 1 is 1.35 bits per heavy atom. The van der Waals surface area contributed by atoms with E-state index in [1.807, 2.05) is 19.1 Å². The molecule has 0 bridgehead atoms. The Labute approximate surface area is 132 Å². The number of para-hydroxylation sites is 2. The fourth-order valence-electron chi connectivity index (χ4n) is 2.35. The highest BCUT2D eigenvalue weighted by Crippen LogP contribution is 2.10. The molecular weight excluding hydrogens is 296 g/mol. The van der Waals surface area contributed by atoms with Gasteiger partial charge in [-0.3, -0.25) is 14.2 Å². The van der Waals surface area contributed by atoms with E-state index in [1.54, 1.807) is 25.2 Å². The smallest absolute Gasteiger partial charge is 0.269 e. The Hall–Kier alpha value is -2.96. The largest absolute Gasteiger partial charge is 0.359 e. The molecule has 3 rings (SSSR count). The SMILES string of the molecule is Cc1cc(CN(C)C(=O)Cn2c(=O)cnc3ccccc32)on1. The molecule has 0 spiro atoms. The molecule has 118 valence electrons. The summed E-state index contributed by atoms with van der Waals surface area (Å²) in [6.45, 7) is 2.07. The minimum absolute atomic E-state index is 0.0501. The van der Waals surface area contributed by atoms with Crippen LogP contribution in [0.2, 0.25) is 0 Å². The molecule has 0 saturated heterocycles. The number of amides is 1. The van der Waals surface area contributed by atoms with Gasteiger partial charge in [-0.25, -0.2) is 4.98 Å². The summed E-state index contributed by atoms with van der Waals surface area (Å²) in [5.41, 5.74) is 1.77. The van der Waals surface area contributed by atoms with Crippen LogP contribution in [0.25, 0.3) is 11.0 Å². The van der Waals surface area contributed by atoms with Crippen molar-refractivity contribution in [2.45, 2.75) is 20.0 Å². The van der Waals surface area contributed by atoms with Gasteiger partial charge in [0.2, 0.25) is 5.91 Å². The zero-order valence-corrected chi connectivity index (χ0v) is 12.9. The zero-order chi connectivity index (χ0) is 16.4. The van der Waals surface area contributed by atoms with Gasteiger partial charge in [-0.1, -0.05) is 17.3 Å². The molecule has 0 aliphatic heterocycles. The Morgan fingerprint density at radius 3 is 2.87 bits per heavy atom. The molecule has 1 aromatic carbocycles. The molecule has 0 unspecified atom stereocenters. The van der Waals surface area contributed by atoms with Gasteiger partial charge in [0.05, 0.1) is 29.5 Å². The number of hydrogen-bond acceptors (Lipinski definition) is 5. The number of aromatic nitrogens is 3. The van der Waals surface area contributed by atoms with Gasteiger partial charge < -0.3 is 9.42 Å². The normalized spacial score (nSPS) is 10.9. The van der Waals surface area contributed by atoms with Gasteiger partial charge in [-0.2, -0.15) is 0 Å². The van der Waals surface area contributed by atoms with Crippen LogP contribution in [0.15, 0.2) is 45.8 Å². The van der Waals surface area contributed by atoms with Crippen LogP contribution >= 0.6 is 0 Å². The molecule has 1 amide bonds. The number of benzene rings is 1. The number of nitrogens with zero attached hydrogens (tertiary/aromatic N) is 4. The molecule has 7 heteroatoms. The van der Waals surface area contributed by atoms with Crippen molar-refractivity contribution in [3.8, 4) is 0 Å². The fraction of sp³-hybridized carbons (Fsp3) is 0.250. The van der Waals surface area contributed by atoms with Gasteiger partial charge in [-0.05, 0) is 19.1 Å². The van der Waals surface area contributed by atoms with Crippen molar-refractivity contribution in [1.82, 2.24) is 19.6 Å². The molecule has 23 heavy (non-hydrogen) atoms. The third-order valence-corrected chi connectivity index (χ3v) is 3.54. The minimum atomic E-state index is -0.305. The van der Waals surface area contributed by atoms with Gasteiger partial charge >= 0.3 is 0 Å². The van der Waals surface area contributed by atoms with Crippen LogP contribution in [0.1, 0.15) is 11.5 Å². The molecular formula is C16H16N4O3. The minimum Gasteiger partial charge on any atom is -0.359 e. The average Bonchev–Trinajstić information content (AvgIpc) is 2.95. The first-order valence-electron chi connectivity index (χ1n) is 7.15. The second-order valence-corrected chi connectivity index (χ2v) is 5.36. The van der Waals surface area contributed by atoms with Crippen molar-refractivity contribution >= 4 is 16.9 Å². The summed E-state index contributed by atoms with van der Waals surface area (Å²) in [4.78, 5) is 30.0. The Bertz CT molecular complexity index is 913. The van der Waals surface area contributed by atoms with Crippen molar-refractivity contribution in [2.24, 2.45) is 0 Å². The summed E-state index contributed by atoms with van der Waals surface area (Å²) < 4.78 is 6.53. The Balaban J connectivity index is 1.82. The van der Waals surface area contributed by atoms with E-state index in [0.717, 1.165) is 5.69 Å². The lowest BCUT2D eigenvalue weighted by atomic mass is 10.3. The van der Waals surface area contributed by atoms with Crippen LogP contribution in [0, 0.1) is 6.92 Å². The molecule has 0 saturated carbocycles. The second kappa shape index (κ2) is 6.04. The first kappa shape index (κ1) is 15.0. The highest BCUT2D eigenvalue weighted by molar-refractivity contribution is 5.79. The fourth-order valence-corrected chi connectivity index (χ4v) is 2.35. The molecule has 0 aliphatic carbocycles. The van der Waals surface area contributed by atoms with Crippen LogP contribution in [0.3, 0.4) is 0 Å². The molecule has 0 aliphatic rings. The van der Waals surface area contributed by atoms with E-state index >= 15 is 0 Å². The van der Waals surface area contributed by atoms with Gasteiger partial charge in [-0.15, -0.1) is 0 Å². The van der Waals surface area contributed by atoms with Crippen LogP contribution in [0.4, 0.5) is 0 Å². The van der Waals surface area contributed by atoms with Crippen LogP contribution in [0.5, 0.6) is 0 Å². The highest BCUT2D eigenvalue weighted by atomic mass is 16.5. The third-order valence-electron chi connectivity index (χ3n) is 3.54. The van der Waals surface area contributed by atoms with Crippen LogP contribution in [-0.2, 0) is 17.9 Å². The van der Waals surface area contributed by atoms with Gasteiger partial charge in [0.15, 0.2) is 5.76 Å². The van der Waals surface area contributed by atoms with Crippen molar-refractivity contribution in [2.75, 3.05) is 7.05 Å². The number of likely N-dealkylation sites (N-methyl/N-ethyl adjacent to an activating group) is 1. The van der Waals surface area contributed by atoms with Gasteiger partial charge in [0, 0.05) is 13.1 Å². The highest BCUT2D eigenvalue weighted by Gasteiger charge is 2.14. The second-order valence-electron chi connectivity index (χ2n) is 5.36. The Morgan fingerprint density at radius 2 is 2.13 bits per heavy atom. The zero-order valence-electron chi connectivity index (χ0n) is 12.9. The molecule has 0 atom stereocenters. The van der Waals surface area contributed by atoms with Crippen molar-refractivity contribution in [1.29, 1.82) is 0 Å². The number of fused-ring (bicyclic) bond motifs is 1. The van der Waals surface area contributed by atoms with E-state index in [0.29, 0.717) is 23.3 Å². The topological polar surface area (TPSA) is 81.2 Å². The lowest BCUT2D eigenvalue weighted by molar-refractivity contribution is -0.131. The molecule has 0 fully saturated rings. The summed E-state index contributed by atoms with van der Waals surface area (Å²) in [6.07, 6.45) is 1.23. The Kier molecular flexibility index (Phi) is 3.92. The summed E-state index contributed by atoms with van der Waals surface area (Å²) in [6, 6.07) is 9.00. The quantitative estimate of drug-likeness (QED) is 0.726. The van der Waals surface area contributed by atoms with E-state index < -0.39 is 0 Å². The average molecular weight is 312 g/mol. The molecule has 2 heterocycles. The van der Waals surface area contributed by atoms with E-state index in [2.05, 4.69) is 10.1 Å². The monoisotopic (exact) mass is 312 g/mol. The number of aryl methyl sites for hydroxylation is 1. The summed E-state index contributed by atoms with van der Waals surface area (Å²) in [5.74, 6) is 0.405. The van der Waals surface area contributed by atoms with Crippen molar-refractivity contribution < 1.29 is 9.32 Å². The number of hydrogen-bond donors (Lipinski definition) is 0. The number of carbonyl (C=O) groups is 1. The third kappa shape index (κ3) is 3.13. The first-order chi connectivity index (χ1) is 11.0. The van der Waals surface area contributed by atoms with Gasteiger partial charge in [0.1, 0.15) is 6.54 Å². The summed E-state index contributed by atoms with van der Waals surface area (Å²) in [5, 5.41) is 3.79. The predicted molar refractivity (Wildman–Crippen MR) is 83.7 cm³/mol. The molecule has 0 N–H and O–H groups in total. The van der Waals surface area contributed by atoms with E-state index in [1.165, 1.54) is 15.7 Å². The maximum atomic E-state index is 12.4. The number of carbonyl (C=O) groups excluding carboxylic acids is 1. The van der Waals surface area contributed by atoms with E-state index in [4.69, 9.17) is 4.52 Å². The molecule has 2 aromatic heterocycles. The predicted octanol–water partition coefficient (Wildman–Crippen LogP) is 1.35. The lowest BCUT2D eigenvalue weighted by Crippen LogP contribution is -2.33. The van der Waals surface area contributed by atoms with E-state index in [-0.39, 0.29) is 18.0 Å². The first-order valence-corrected chi connectivity index (χ1v) is 7.15. The van der Waals surface area contributed by atoms with Crippen molar-refractivity contribution in [3.05, 3.63) is 58.3 Å². The molecule has 7 nitrogen and oxygen atoms in total. The van der Waals surface area contributed by atoms with Crippen LogP contribution < -0.4 is 5.56 Å². The van der Waals surface area contributed by atoms with Gasteiger partial charge in [0.25, 0.3) is 5.56 Å². The summed E-state index contributed by atoms with van der Waals surface area (Å²) in [7, 11) is 1.66. The lowest BCUT2D eigenvalue weighted by Gasteiger charge is -2.17. The molecule has 0 radical (unpaired) electrons. The maximum Gasteiger partial charge on any atom is 0.269 e. The standard InChI is InChI=1S/C16H16N4O3/c1-11-7-12(23-18-11)9-19(2)16(22)10-20-14-6-4-3-5-13(14)17-8-15(20)21/h3-8H,9-10H2,1-2H3. The van der Waals surface area contributed by atoms with Crippen molar-refractivity contribution in [3.63, 3.8) is 0 Å². The number of rotatable bonds is 4. The summed E-state index contributed by atoms with van der Waals surface area (Å²) >= 11 is 0. The molecule has 3 aromatic rings. The van der Waals surface area contributed by atoms with E-state index in [9.17, 15) is 9.59 Å². The van der Waals surface area contributed by atoms with Crippen LogP contribution in [-0.4, -0.2) is 32.6 Å². The maximum absolute atomic E-state index is 12.4.